The van der Waals surface area contributed by atoms with Crippen molar-refractivity contribution >= 4 is 32.4 Å². The monoisotopic (exact) mass is 284 g/mol. The fraction of sp³-hybridized carbons (Fsp3) is 0.200. The zero-order chi connectivity index (χ0) is 13.3. The van der Waals surface area contributed by atoms with E-state index in [0.29, 0.717) is 11.4 Å². The summed E-state index contributed by atoms with van der Waals surface area (Å²) < 4.78 is 30.7. The van der Waals surface area contributed by atoms with Gasteiger partial charge in [-0.2, -0.15) is 4.37 Å². The van der Waals surface area contributed by atoms with Gasteiger partial charge in [0.15, 0.2) is 0 Å². The smallest absolute Gasteiger partial charge is 0.266 e. The number of sulfonamides is 1. The minimum absolute atomic E-state index is 0.0813. The van der Waals surface area contributed by atoms with Crippen LogP contribution in [0, 0.1) is 13.8 Å². The first kappa shape index (κ1) is 12.8. The van der Waals surface area contributed by atoms with Crippen molar-refractivity contribution in [1.82, 2.24) is 9.36 Å². The van der Waals surface area contributed by atoms with Crippen LogP contribution in [0.2, 0.25) is 0 Å². The van der Waals surface area contributed by atoms with Gasteiger partial charge in [0.25, 0.3) is 10.0 Å². The summed E-state index contributed by atoms with van der Waals surface area (Å²) in [5, 5.41) is 0.232. The van der Waals surface area contributed by atoms with Crippen LogP contribution in [0.5, 0.6) is 0 Å². The van der Waals surface area contributed by atoms with Crippen LogP contribution in [0.1, 0.15) is 11.4 Å². The molecule has 0 fully saturated rings. The summed E-state index contributed by atoms with van der Waals surface area (Å²) in [6, 6.07) is 4.95. The van der Waals surface area contributed by atoms with Crippen LogP contribution in [0.4, 0.5) is 10.8 Å². The standard InChI is InChI=1S/C10H12N4O2S2/c1-6-4-3-5-8(11)9(6)18(15,16)14-10-12-7(2)13-17-10/h3-5H,11H2,1-2H3,(H,12,13,14). The first-order valence-electron chi connectivity index (χ1n) is 5.08. The highest BCUT2D eigenvalue weighted by atomic mass is 32.2. The molecular formula is C10H12N4O2S2. The quantitative estimate of drug-likeness (QED) is 0.833. The van der Waals surface area contributed by atoms with Crippen LogP contribution in [0.15, 0.2) is 23.1 Å². The Balaban J connectivity index is 2.43. The van der Waals surface area contributed by atoms with E-state index in [-0.39, 0.29) is 15.7 Å². The normalized spacial score (nSPS) is 11.4. The second kappa shape index (κ2) is 4.54. The van der Waals surface area contributed by atoms with Crippen molar-refractivity contribution in [3.05, 3.63) is 29.6 Å². The van der Waals surface area contributed by atoms with E-state index >= 15 is 0 Å². The van der Waals surface area contributed by atoms with Gasteiger partial charge in [0, 0.05) is 11.5 Å². The Morgan fingerprint density at radius 3 is 2.61 bits per heavy atom. The number of nitrogens with one attached hydrogen (secondary N) is 1. The van der Waals surface area contributed by atoms with Gasteiger partial charge in [0.2, 0.25) is 5.13 Å². The third-order valence-corrected chi connectivity index (χ3v) is 4.67. The average molecular weight is 284 g/mol. The minimum atomic E-state index is -3.73. The van der Waals surface area contributed by atoms with Crippen molar-refractivity contribution < 1.29 is 8.42 Å². The number of rotatable bonds is 3. The van der Waals surface area contributed by atoms with E-state index in [1.807, 2.05) is 0 Å². The first-order chi connectivity index (χ1) is 8.40. The zero-order valence-corrected chi connectivity index (χ0v) is 11.5. The van der Waals surface area contributed by atoms with Crippen LogP contribution < -0.4 is 10.5 Å². The van der Waals surface area contributed by atoms with Crippen molar-refractivity contribution in [2.45, 2.75) is 18.7 Å². The van der Waals surface area contributed by atoms with Crippen molar-refractivity contribution in [3.63, 3.8) is 0 Å². The number of hydrogen-bond acceptors (Lipinski definition) is 6. The second-order valence-electron chi connectivity index (χ2n) is 3.75. The van der Waals surface area contributed by atoms with Crippen molar-refractivity contribution in [2.24, 2.45) is 0 Å². The van der Waals surface area contributed by atoms with Crippen molar-refractivity contribution in [1.29, 1.82) is 0 Å². The molecule has 2 rings (SSSR count). The number of nitrogens with zero attached hydrogens (tertiary/aromatic N) is 2. The van der Waals surface area contributed by atoms with Gasteiger partial charge in [-0.25, -0.2) is 13.4 Å². The molecule has 96 valence electrons. The molecule has 0 amide bonds. The maximum Gasteiger partial charge on any atom is 0.266 e. The maximum atomic E-state index is 12.2. The lowest BCUT2D eigenvalue weighted by Gasteiger charge is -2.10. The number of nitrogen functional groups attached to an aromatic ring is 1. The molecule has 1 aromatic heterocycles. The summed E-state index contributed by atoms with van der Waals surface area (Å²) in [6.45, 7) is 3.38. The van der Waals surface area contributed by atoms with Gasteiger partial charge in [-0.15, -0.1) is 0 Å². The maximum absolute atomic E-state index is 12.2. The lowest BCUT2D eigenvalue weighted by molar-refractivity contribution is 0.601. The van der Waals surface area contributed by atoms with E-state index < -0.39 is 10.0 Å². The zero-order valence-electron chi connectivity index (χ0n) is 9.84. The number of hydrogen-bond donors (Lipinski definition) is 2. The molecule has 1 heterocycles. The molecule has 0 bridgehead atoms. The molecule has 0 unspecified atom stereocenters. The molecule has 0 aliphatic rings. The van der Waals surface area contributed by atoms with Gasteiger partial charge in [0.1, 0.15) is 10.7 Å². The number of aryl methyl sites for hydroxylation is 2. The molecule has 3 N–H and O–H groups in total. The Bertz CT molecular complexity index is 659. The van der Waals surface area contributed by atoms with Crippen molar-refractivity contribution in [3.8, 4) is 0 Å². The molecule has 0 radical (unpaired) electrons. The summed E-state index contributed by atoms with van der Waals surface area (Å²) in [5.41, 5.74) is 6.51. The highest BCUT2D eigenvalue weighted by Crippen LogP contribution is 2.25. The van der Waals surface area contributed by atoms with E-state index in [9.17, 15) is 8.42 Å². The van der Waals surface area contributed by atoms with Crippen LogP contribution in [0.3, 0.4) is 0 Å². The van der Waals surface area contributed by atoms with E-state index in [4.69, 9.17) is 5.73 Å². The van der Waals surface area contributed by atoms with Gasteiger partial charge in [-0.05, 0) is 25.5 Å². The molecule has 6 nitrogen and oxygen atoms in total. The highest BCUT2D eigenvalue weighted by molar-refractivity contribution is 7.93. The average Bonchev–Trinajstić information content (AvgIpc) is 2.62. The van der Waals surface area contributed by atoms with Gasteiger partial charge in [0.05, 0.1) is 5.69 Å². The number of benzene rings is 1. The molecule has 0 aliphatic heterocycles. The summed E-state index contributed by atoms with van der Waals surface area (Å²) in [4.78, 5) is 4.04. The Morgan fingerprint density at radius 2 is 2.06 bits per heavy atom. The van der Waals surface area contributed by atoms with Gasteiger partial charge >= 0.3 is 0 Å². The summed E-state index contributed by atoms with van der Waals surface area (Å²) in [6.07, 6.45) is 0. The fourth-order valence-corrected chi connectivity index (χ4v) is 3.71. The minimum Gasteiger partial charge on any atom is -0.398 e. The number of nitrogens with two attached hydrogens (primary N) is 1. The summed E-state index contributed by atoms with van der Waals surface area (Å²) in [5.74, 6) is 0.524. The Kier molecular flexibility index (Phi) is 3.22. The lowest BCUT2D eigenvalue weighted by Crippen LogP contribution is -2.16. The van der Waals surface area contributed by atoms with Crippen LogP contribution in [-0.2, 0) is 10.0 Å². The van der Waals surface area contributed by atoms with Gasteiger partial charge < -0.3 is 5.73 Å². The molecule has 8 heteroatoms. The third-order valence-electron chi connectivity index (χ3n) is 2.26. The molecule has 2 aromatic rings. The first-order valence-corrected chi connectivity index (χ1v) is 7.34. The van der Waals surface area contributed by atoms with Gasteiger partial charge in [-0.3, -0.25) is 4.72 Å². The molecule has 1 aromatic carbocycles. The van der Waals surface area contributed by atoms with Crippen LogP contribution in [-0.4, -0.2) is 17.8 Å². The van der Waals surface area contributed by atoms with E-state index in [0.717, 1.165) is 11.5 Å². The Hall–Kier alpha value is -1.67. The molecule has 0 atom stereocenters. The van der Waals surface area contributed by atoms with Crippen LogP contribution >= 0.6 is 11.5 Å². The van der Waals surface area contributed by atoms with E-state index in [2.05, 4.69) is 14.1 Å². The summed E-state index contributed by atoms with van der Waals surface area (Å²) >= 11 is 0.991. The molecule has 0 saturated carbocycles. The number of aromatic nitrogens is 2. The van der Waals surface area contributed by atoms with Crippen LogP contribution in [0.25, 0.3) is 0 Å². The SMILES string of the molecule is Cc1nsc(NS(=O)(=O)c2c(C)cccc2N)n1. The largest absolute Gasteiger partial charge is 0.398 e. The highest BCUT2D eigenvalue weighted by Gasteiger charge is 2.21. The Morgan fingerprint density at radius 1 is 1.33 bits per heavy atom. The molecular weight excluding hydrogens is 272 g/mol. The molecule has 0 aliphatic carbocycles. The molecule has 18 heavy (non-hydrogen) atoms. The lowest BCUT2D eigenvalue weighted by atomic mass is 10.2. The second-order valence-corrected chi connectivity index (χ2v) is 6.12. The summed E-state index contributed by atoms with van der Waals surface area (Å²) in [7, 11) is -3.73. The number of anilines is 2. The Labute approximate surface area is 109 Å². The van der Waals surface area contributed by atoms with Crippen molar-refractivity contribution in [2.75, 3.05) is 10.5 Å². The van der Waals surface area contributed by atoms with Gasteiger partial charge in [-0.1, -0.05) is 12.1 Å². The molecule has 0 spiro atoms. The third kappa shape index (κ3) is 2.44. The molecule has 0 saturated heterocycles. The predicted octanol–water partition coefficient (Wildman–Crippen LogP) is 1.54. The van der Waals surface area contributed by atoms with E-state index in [1.165, 1.54) is 0 Å². The van der Waals surface area contributed by atoms with E-state index in [1.54, 1.807) is 32.0 Å². The predicted molar refractivity (Wildman–Crippen MR) is 71.0 cm³/mol. The topological polar surface area (TPSA) is 98.0 Å². The fourth-order valence-electron chi connectivity index (χ4n) is 1.55.